The molecule has 150 valence electrons. The summed E-state index contributed by atoms with van der Waals surface area (Å²) in [5.74, 6) is 1.90. The molecule has 2 fully saturated rings. The summed E-state index contributed by atoms with van der Waals surface area (Å²) in [5, 5.41) is 11.9. The number of hydrogen-bond acceptors (Lipinski definition) is 3. The van der Waals surface area contributed by atoms with Crippen molar-refractivity contribution in [2.24, 2.45) is 11.8 Å². The molecule has 1 heterocycles. The van der Waals surface area contributed by atoms with E-state index in [0.717, 1.165) is 24.8 Å². The zero-order valence-corrected chi connectivity index (χ0v) is 18.3. The molecule has 2 rings (SSSR count). The van der Waals surface area contributed by atoms with Crippen LogP contribution in [0, 0.1) is 11.8 Å². The van der Waals surface area contributed by atoms with Crippen molar-refractivity contribution < 1.29 is 5.11 Å². The van der Waals surface area contributed by atoms with Crippen LogP contribution in [0.15, 0.2) is 0 Å². The molecule has 3 nitrogen and oxygen atoms in total. The summed E-state index contributed by atoms with van der Waals surface area (Å²) < 4.78 is 0. The fourth-order valence-electron chi connectivity index (χ4n) is 2.40. The van der Waals surface area contributed by atoms with Gasteiger partial charge in [0.05, 0.1) is 0 Å². The number of rotatable bonds is 8. The van der Waals surface area contributed by atoms with Gasteiger partial charge < -0.3 is 15.3 Å². The lowest BCUT2D eigenvalue weighted by atomic mass is 9.97. The van der Waals surface area contributed by atoms with Crippen LogP contribution in [-0.2, 0) is 0 Å². The molecular weight excluding hydrogens is 296 g/mol. The normalized spacial score (nSPS) is 15.9. The summed E-state index contributed by atoms with van der Waals surface area (Å²) in [6.45, 7) is 22.6. The third kappa shape index (κ3) is 19.9. The van der Waals surface area contributed by atoms with Crippen molar-refractivity contribution >= 4 is 0 Å². The van der Waals surface area contributed by atoms with Gasteiger partial charge in [0.2, 0.25) is 0 Å². The van der Waals surface area contributed by atoms with Crippen LogP contribution in [0.4, 0.5) is 0 Å². The second kappa shape index (κ2) is 25.1. The molecule has 3 heteroatoms. The predicted molar refractivity (Wildman–Crippen MR) is 112 cm³/mol. The maximum atomic E-state index is 8.54. The number of hydrogen-bond donors (Lipinski definition) is 2. The molecule has 2 aliphatic rings. The van der Waals surface area contributed by atoms with Gasteiger partial charge in [0, 0.05) is 19.7 Å². The van der Waals surface area contributed by atoms with E-state index in [1.54, 1.807) is 0 Å². The molecule has 1 saturated heterocycles. The number of likely N-dealkylation sites (tertiary alicyclic amines) is 1. The van der Waals surface area contributed by atoms with Crippen LogP contribution in [0.5, 0.6) is 0 Å². The summed E-state index contributed by atoms with van der Waals surface area (Å²) in [6, 6.07) is 0. The SMILES string of the molecule is CC.CC.CC.CCN1CC(CCO)C1.CCNCCCC1CC1. The second-order valence-electron chi connectivity index (χ2n) is 5.67. The highest BCUT2D eigenvalue weighted by Crippen LogP contribution is 2.33. The van der Waals surface area contributed by atoms with E-state index in [0.29, 0.717) is 6.61 Å². The minimum absolute atomic E-state index is 0.363. The Morgan fingerprint density at radius 3 is 1.79 bits per heavy atom. The Morgan fingerprint density at radius 1 is 0.875 bits per heavy atom. The van der Waals surface area contributed by atoms with Crippen molar-refractivity contribution in [2.45, 2.75) is 87.5 Å². The Bertz CT molecular complexity index is 190. The average molecular weight is 347 g/mol. The van der Waals surface area contributed by atoms with Gasteiger partial charge in [-0.15, -0.1) is 0 Å². The van der Waals surface area contributed by atoms with Gasteiger partial charge in [-0.1, -0.05) is 68.2 Å². The molecule has 0 bridgehead atoms. The lowest BCUT2D eigenvalue weighted by molar-refractivity contribution is 0.0850. The van der Waals surface area contributed by atoms with E-state index < -0.39 is 0 Å². The van der Waals surface area contributed by atoms with Crippen LogP contribution in [0.1, 0.15) is 87.5 Å². The lowest BCUT2D eigenvalue weighted by Crippen LogP contribution is -2.46. The average Bonchev–Trinajstić information content (AvgIpc) is 3.45. The van der Waals surface area contributed by atoms with Gasteiger partial charge >= 0.3 is 0 Å². The monoisotopic (exact) mass is 346 g/mol. The van der Waals surface area contributed by atoms with Crippen LogP contribution in [0.2, 0.25) is 0 Å². The third-order valence-corrected chi connectivity index (χ3v) is 3.93. The van der Waals surface area contributed by atoms with Crippen molar-refractivity contribution in [3.05, 3.63) is 0 Å². The van der Waals surface area contributed by atoms with E-state index in [-0.39, 0.29) is 0 Å². The molecule has 24 heavy (non-hydrogen) atoms. The first kappa shape index (κ1) is 28.7. The maximum absolute atomic E-state index is 8.54. The number of nitrogens with one attached hydrogen (secondary N) is 1. The van der Waals surface area contributed by atoms with Crippen molar-refractivity contribution in [1.82, 2.24) is 10.2 Å². The Balaban J connectivity index is -0.000000281. The number of aliphatic hydroxyl groups is 1. The quantitative estimate of drug-likeness (QED) is 0.594. The summed E-state index contributed by atoms with van der Waals surface area (Å²) in [6.07, 6.45) is 6.86. The van der Waals surface area contributed by atoms with Crippen molar-refractivity contribution in [1.29, 1.82) is 0 Å². The Morgan fingerprint density at radius 2 is 1.42 bits per heavy atom. The highest BCUT2D eigenvalue weighted by atomic mass is 16.3. The maximum Gasteiger partial charge on any atom is 0.0434 e. The predicted octanol–water partition coefficient (Wildman–Crippen LogP) is 5.19. The fourth-order valence-corrected chi connectivity index (χ4v) is 2.40. The summed E-state index contributed by atoms with van der Waals surface area (Å²) >= 11 is 0. The molecule has 0 radical (unpaired) electrons. The van der Waals surface area contributed by atoms with Gasteiger partial charge in [-0.3, -0.25) is 0 Å². The zero-order chi connectivity index (χ0) is 19.2. The van der Waals surface area contributed by atoms with Crippen LogP contribution in [0.3, 0.4) is 0 Å². The second-order valence-corrected chi connectivity index (χ2v) is 5.67. The Hall–Kier alpha value is -0.120. The minimum Gasteiger partial charge on any atom is -0.396 e. The summed E-state index contributed by atoms with van der Waals surface area (Å²) in [5.41, 5.74) is 0. The minimum atomic E-state index is 0.363. The van der Waals surface area contributed by atoms with Crippen LogP contribution >= 0.6 is 0 Å². The van der Waals surface area contributed by atoms with Gasteiger partial charge in [0.25, 0.3) is 0 Å². The van der Waals surface area contributed by atoms with Gasteiger partial charge in [-0.25, -0.2) is 0 Å². The lowest BCUT2D eigenvalue weighted by Gasteiger charge is -2.38. The molecule has 1 aliphatic carbocycles. The molecule has 1 saturated carbocycles. The number of aliphatic hydroxyl groups excluding tert-OH is 1. The Kier molecular flexibility index (Phi) is 30.0. The van der Waals surface area contributed by atoms with Crippen LogP contribution < -0.4 is 5.32 Å². The molecule has 0 amide bonds. The molecule has 0 spiro atoms. The van der Waals surface area contributed by atoms with Gasteiger partial charge in [-0.2, -0.15) is 0 Å². The van der Waals surface area contributed by atoms with Crippen molar-refractivity contribution in [2.75, 3.05) is 39.3 Å². The molecule has 0 aromatic heterocycles. The van der Waals surface area contributed by atoms with Gasteiger partial charge in [0.1, 0.15) is 0 Å². The topological polar surface area (TPSA) is 35.5 Å². The fraction of sp³-hybridized carbons (Fsp3) is 1.00. The van der Waals surface area contributed by atoms with Crippen molar-refractivity contribution in [3.63, 3.8) is 0 Å². The van der Waals surface area contributed by atoms with Gasteiger partial charge in [0.15, 0.2) is 0 Å². The molecule has 2 N–H and O–H groups in total. The van der Waals surface area contributed by atoms with Crippen molar-refractivity contribution in [3.8, 4) is 0 Å². The first-order valence-corrected chi connectivity index (χ1v) is 10.8. The smallest absolute Gasteiger partial charge is 0.0434 e. The number of nitrogens with zero attached hydrogens (tertiary/aromatic N) is 1. The largest absolute Gasteiger partial charge is 0.396 e. The highest BCUT2D eigenvalue weighted by Gasteiger charge is 2.23. The van der Waals surface area contributed by atoms with E-state index in [9.17, 15) is 0 Å². The van der Waals surface area contributed by atoms with Crippen LogP contribution in [0.25, 0.3) is 0 Å². The summed E-state index contributed by atoms with van der Waals surface area (Å²) in [4.78, 5) is 2.39. The molecule has 0 aromatic carbocycles. The van der Waals surface area contributed by atoms with E-state index in [1.165, 1.54) is 51.9 Å². The van der Waals surface area contributed by atoms with Gasteiger partial charge in [-0.05, 0) is 50.7 Å². The molecule has 0 atom stereocenters. The first-order valence-electron chi connectivity index (χ1n) is 10.8. The Labute approximate surface area is 154 Å². The standard InChI is InChI=1S/C8H17N.C7H15NO.3C2H6/c1-2-9-7-3-4-8-5-6-8;1-2-8-5-7(6-8)3-4-9;3*1-2/h8-9H,2-7H2,1H3;7,9H,2-6H2,1H3;3*1-2H3. The van der Waals surface area contributed by atoms with E-state index >= 15 is 0 Å². The summed E-state index contributed by atoms with van der Waals surface area (Å²) in [7, 11) is 0. The zero-order valence-electron chi connectivity index (χ0n) is 18.3. The molecular formula is C21H50N2O. The highest BCUT2D eigenvalue weighted by molar-refractivity contribution is 4.77. The van der Waals surface area contributed by atoms with E-state index in [4.69, 9.17) is 5.11 Å². The molecule has 0 unspecified atom stereocenters. The van der Waals surface area contributed by atoms with E-state index in [1.807, 2.05) is 41.5 Å². The molecule has 0 aromatic rings. The molecule has 1 aliphatic heterocycles. The van der Waals surface area contributed by atoms with E-state index in [2.05, 4.69) is 24.1 Å². The first-order chi connectivity index (χ1) is 11.8. The van der Waals surface area contributed by atoms with Crippen LogP contribution in [-0.4, -0.2) is 49.3 Å². The third-order valence-electron chi connectivity index (χ3n) is 3.93.